The zero-order valence-electron chi connectivity index (χ0n) is 19.6. The molecule has 0 heterocycles. The van der Waals surface area contributed by atoms with Crippen LogP contribution in [0.5, 0.6) is 0 Å². The average Bonchev–Trinajstić information content (AvgIpc) is 3.23. The molecule has 0 aliphatic heterocycles. The standard InChI is InChI=1S/C15H8F3.C9H13.C2H6Si.2ClH.Zr/c16-13-8-7-12(14(17)15(13)18)11-6-5-9-3-1-2-4-10(9)11;1-6-5-7(2)9(4)8(6)3;1-3-2;;;/h1-8H;6H,1-4H3;1-2H3;2*1H;/q2*-1;;;;+2. The van der Waals surface area contributed by atoms with Crippen molar-refractivity contribution in [3.05, 3.63) is 88.8 Å². The second kappa shape index (κ2) is 14.4. The molecule has 0 amide bonds. The molecule has 7 heteroatoms. The van der Waals surface area contributed by atoms with Gasteiger partial charge in [-0.15, -0.1) is 78.4 Å². The number of fused-ring (bicyclic) bond motifs is 1. The van der Waals surface area contributed by atoms with Crippen LogP contribution in [0.15, 0.2) is 65.3 Å². The third-order valence-corrected chi connectivity index (χ3v) is 5.24. The summed E-state index contributed by atoms with van der Waals surface area (Å²) >= 11 is 1.74. The molecule has 1 unspecified atom stereocenters. The Kier molecular flexibility index (Phi) is 14.0. The second-order valence-corrected chi connectivity index (χ2v) is 17.2. The summed E-state index contributed by atoms with van der Waals surface area (Å²) in [7, 11) is 0. The number of benzene rings is 2. The first-order valence-corrected chi connectivity index (χ1v) is 16.3. The predicted molar refractivity (Wildman–Crippen MR) is 137 cm³/mol. The van der Waals surface area contributed by atoms with Crippen LogP contribution in [-0.2, 0) is 23.3 Å². The number of hydrogen-bond donors (Lipinski definition) is 0. The van der Waals surface area contributed by atoms with Gasteiger partial charge in [-0.3, -0.25) is 6.08 Å². The van der Waals surface area contributed by atoms with Crippen LogP contribution in [-0.4, -0.2) is 5.43 Å². The molecule has 3 aromatic rings. The van der Waals surface area contributed by atoms with Gasteiger partial charge >= 0.3 is 41.9 Å². The molecule has 33 heavy (non-hydrogen) atoms. The van der Waals surface area contributed by atoms with Crippen LogP contribution in [0.2, 0.25) is 13.1 Å². The number of allylic oxidation sites excluding steroid dienone is 4. The van der Waals surface area contributed by atoms with E-state index < -0.39 is 17.5 Å². The fourth-order valence-corrected chi connectivity index (χ4v) is 3.28. The minimum atomic E-state index is -1.43. The topological polar surface area (TPSA) is 0 Å². The van der Waals surface area contributed by atoms with Crippen molar-refractivity contribution < 1.29 is 36.5 Å². The van der Waals surface area contributed by atoms with Crippen molar-refractivity contribution in [3.63, 3.8) is 0 Å². The Morgan fingerprint density at radius 2 is 1.48 bits per heavy atom. The average molecular weight is 589 g/mol. The van der Waals surface area contributed by atoms with Gasteiger partial charge in [0, 0.05) is 0 Å². The molecule has 0 N–H and O–H groups in total. The summed E-state index contributed by atoms with van der Waals surface area (Å²) in [5, 5.41) is 1.76. The maximum atomic E-state index is 13.7. The molecule has 0 bridgehead atoms. The number of rotatable bonds is 1. The Labute approximate surface area is 222 Å². The predicted octanol–water partition coefficient (Wildman–Crippen LogP) is 8.99. The monoisotopic (exact) mass is 586 g/mol. The molecule has 0 spiro atoms. The second-order valence-electron chi connectivity index (χ2n) is 7.86. The summed E-state index contributed by atoms with van der Waals surface area (Å²) in [5.74, 6) is -3.19. The van der Waals surface area contributed by atoms with Crippen LogP contribution in [0.25, 0.3) is 21.9 Å². The van der Waals surface area contributed by atoms with Gasteiger partial charge in [0.15, 0.2) is 17.5 Å². The van der Waals surface area contributed by atoms with Gasteiger partial charge in [-0.1, -0.05) is 38.8 Å². The van der Waals surface area contributed by atoms with E-state index in [-0.39, 0.29) is 35.8 Å². The normalized spacial score (nSPS) is 14.3. The third kappa shape index (κ3) is 8.31. The molecular weight excluding hydrogens is 559 g/mol. The number of halogens is 5. The minimum Gasteiger partial charge on any atom is -0.204 e. The van der Waals surface area contributed by atoms with E-state index in [1.807, 2.05) is 30.3 Å². The third-order valence-electron chi connectivity index (χ3n) is 5.24. The summed E-state index contributed by atoms with van der Waals surface area (Å²) in [6.07, 6.45) is 3.36. The summed E-state index contributed by atoms with van der Waals surface area (Å²) in [4.78, 5) is 0. The first-order valence-electron chi connectivity index (χ1n) is 10.1. The van der Waals surface area contributed by atoms with Crippen molar-refractivity contribution in [1.82, 2.24) is 0 Å². The van der Waals surface area contributed by atoms with E-state index in [1.165, 1.54) is 22.8 Å². The van der Waals surface area contributed by atoms with Crippen LogP contribution in [0, 0.1) is 29.4 Å². The summed E-state index contributed by atoms with van der Waals surface area (Å²) in [5.41, 5.74) is 5.11. The summed E-state index contributed by atoms with van der Waals surface area (Å²) < 4.78 is 39.9. The molecule has 1 atom stereocenters. The maximum Gasteiger partial charge on any atom is 0.194 e. The van der Waals surface area contributed by atoms with E-state index in [0.29, 0.717) is 11.5 Å². The first-order chi connectivity index (χ1) is 14.5. The molecule has 3 aromatic carbocycles. The fourth-order valence-electron chi connectivity index (χ4n) is 3.28. The Morgan fingerprint density at radius 1 is 0.909 bits per heavy atom. The number of hydrogen-bond acceptors (Lipinski definition) is 0. The molecular formula is C26H29Cl2F3SiZr. The van der Waals surface area contributed by atoms with Gasteiger partial charge in [-0.25, -0.2) is 18.7 Å². The molecule has 0 fully saturated rings. The molecule has 0 saturated carbocycles. The van der Waals surface area contributed by atoms with E-state index in [0.717, 1.165) is 16.8 Å². The van der Waals surface area contributed by atoms with Gasteiger partial charge in [0.2, 0.25) is 0 Å². The van der Waals surface area contributed by atoms with E-state index in [1.54, 1.807) is 29.4 Å². The van der Waals surface area contributed by atoms with Crippen LogP contribution in [0.3, 0.4) is 0 Å². The molecule has 0 aromatic heterocycles. The molecule has 0 radical (unpaired) electrons. The Hall–Kier alpha value is -1.00. The quantitative estimate of drug-likeness (QED) is 0.151. The van der Waals surface area contributed by atoms with Crippen molar-refractivity contribution >= 4 is 41.0 Å². The fraction of sp³-hybridized carbons (Fsp3) is 0.269. The van der Waals surface area contributed by atoms with Crippen LogP contribution < -0.4 is 0 Å². The van der Waals surface area contributed by atoms with Gasteiger partial charge in [-0.2, -0.15) is 11.1 Å². The van der Waals surface area contributed by atoms with E-state index >= 15 is 0 Å². The van der Waals surface area contributed by atoms with Crippen molar-refractivity contribution in [2.75, 3.05) is 0 Å². The largest absolute Gasteiger partial charge is 0.204 e. The van der Waals surface area contributed by atoms with E-state index in [9.17, 15) is 13.2 Å². The first kappa shape index (κ1) is 32.0. The molecule has 0 nitrogen and oxygen atoms in total. The zero-order chi connectivity index (χ0) is 23.3. The van der Waals surface area contributed by atoms with Crippen LogP contribution in [0.4, 0.5) is 13.2 Å². The van der Waals surface area contributed by atoms with Gasteiger partial charge in [0.1, 0.15) is 0 Å². The van der Waals surface area contributed by atoms with Crippen LogP contribution >= 0.6 is 24.8 Å². The molecule has 1 aliphatic carbocycles. The zero-order valence-corrected chi connectivity index (χ0v) is 24.7. The minimum absolute atomic E-state index is 0. The molecule has 4 rings (SSSR count). The smallest absolute Gasteiger partial charge is 0.194 e. The Balaban J connectivity index is 0.000000580. The van der Waals surface area contributed by atoms with Crippen molar-refractivity contribution in [2.24, 2.45) is 5.92 Å². The van der Waals surface area contributed by atoms with Crippen molar-refractivity contribution in [3.8, 4) is 11.1 Å². The van der Waals surface area contributed by atoms with Crippen molar-refractivity contribution in [1.29, 1.82) is 0 Å². The van der Waals surface area contributed by atoms with Crippen molar-refractivity contribution in [2.45, 2.75) is 40.8 Å². The van der Waals surface area contributed by atoms with Gasteiger partial charge in [0.25, 0.3) is 0 Å². The maximum absolute atomic E-state index is 13.7. The van der Waals surface area contributed by atoms with Gasteiger partial charge < -0.3 is 0 Å². The summed E-state index contributed by atoms with van der Waals surface area (Å²) in [6.45, 7) is 13.3. The Morgan fingerprint density at radius 3 is 1.97 bits per heavy atom. The Bertz CT molecular complexity index is 1160. The summed E-state index contributed by atoms with van der Waals surface area (Å²) in [6, 6.07) is 13.1. The molecule has 1 aliphatic rings. The van der Waals surface area contributed by atoms with Gasteiger partial charge in [0.05, 0.1) is 0 Å². The molecule has 0 saturated heterocycles. The van der Waals surface area contributed by atoms with E-state index in [4.69, 9.17) is 0 Å². The van der Waals surface area contributed by atoms with Gasteiger partial charge in [-0.05, 0) is 11.6 Å². The van der Waals surface area contributed by atoms with Crippen LogP contribution in [0.1, 0.15) is 27.7 Å². The SMILES string of the molecule is CC1=[C-]C(C)C(C)=C1C.C[Si](C)=[Zr+2].Cl.Cl.Fc1ccc(-c2c[cH-]c3ccccc23)c(F)c1F. The molecule has 176 valence electrons. The van der Waals surface area contributed by atoms with E-state index in [2.05, 4.69) is 46.9 Å².